The van der Waals surface area contributed by atoms with Crippen molar-refractivity contribution in [2.24, 2.45) is 5.73 Å². The largest absolute Gasteiger partial charge is 0.391 e. The van der Waals surface area contributed by atoms with E-state index in [-0.39, 0.29) is 6.10 Å². The summed E-state index contributed by atoms with van der Waals surface area (Å²) < 4.78 is 4.94. The van der Waals surface area contributed by atoms with Crippen molar-refractivity contribution in [3.05, 3.63) is 0 Å². The average Bonchev–Trinajstić information content (AvgIpc) is 1.85. The fraction of sp³-hybridized carbons (Fsp3) is 1.00. The summed E-state index contributed by atoms with van der Waals surface area (Å²) in [6.45, 7) is 3.48. The summed E-state index contributed by atoms with van der Waals surface area (Å²) in [6, 6.07) is 0. The van der Waals surface area contributed by atoms with Crippen LogP contribution in [0.2, 0.25) is 0 Å². The highest BCUT2D eigenvalue weighted by Gasteiger charge is 1.99. The van der Waals surface area contributed by atoms with Gasteiger partial charge in [-0.15, -0.1) is 0 Å². The summed E-state index contributed by atoms with van der Waals surface area (Å²) in [5.41, 5.74) is 5.19. The Morgan fingerprint density at radius 3 is 2.78 bits per heavy atom. The fourth-order valence-electron chi connectivity index (χ4n) is 0.530. The van der Waals surface area contributed by atoms with Gasteiger partial charge in [-0.2, -0.15) is 0 Å². The van der Waals surface area contributed by atoms with Crippen molar-refractivity contribution < 1.29 is 9.84 Å². The molecule has 0 saturated heterocycles. The molecule has 0 saturated carbocycles. The molecule has 3 N–H and O–H groups in total. The molecule has 0 aromatic heterocycles. The molecule has 0 amide bonds. The quantitative estimate of drug-likeness (QED) is 0.543. The van der Waals surface area contributed by atoms with Gasteiger partial charge in [-0.1, -0.05) is 0 Å². The van der Waals surface area contributed by atoms with Crippen molar-refractivity contribution >= 4 is 0 Å². The number of hydrogen-bond acceptors (Lipinski definition) is 3. The van der Waals surface area contributed by atoms with Crippen LogP contribution in [0.5, 0.6) is 0 Å². The summed E-state index contributed by atoms with van der Waals surface area (Å²) in [6.07, 6.45) is 0.245. The van der Waals surface area contributed by atoms with Crippen LogP contribution in [0.15, 0.2) is 0 Å². The van der Waals surface area contributed by atoms with E-state index in [0.29, 0.717) is 26.2 Å². The standard InChI is InChI=1S/C6H15NO2/c1-2-9-5-6(8)3-4-7/h6,8H,2-5,7H2,1H3/t6-/m1/s1. The van der Waals surface area contributed by atoms with Gasteiger partial charge in [0, 0.05) is 6.61 Å². The minimum Gasteiger partial charge on any atom is -0.391 e. The van der Waals surface area contributed by atoms with Gasteiger partial charge in [0.1, 0.15) is 0 Å². The van der Waals surface area contributed by atoms with Crippen molar-refractivity contribution in [2.75, 3.05) is 19.8 Å². The summed E-state index contributed by atoms with van der Waals surface area (Å²) in [7, 11) is 0. The van der Waals surface area contributed by atoms with E-state index in [0.717, 1.165) is 0 Å². The molecule has 0 spiro atoms. The smallest absolute Gasteiger partial charge is 0.0785 e. The molecule has 0 unspecified atom stereocenters. The number of nitrogens with two attached hydrogens (primary N) is 1. The first-order valence-corrected chi connectivity index (χ1v) is 3.27. The Bertz CT molecular complexity index is 59.0. The molecule has 56 valence electrons. The van der Waals surface area contributed by atoms with Gasteiger partial charge < -0.3 is 15.6 Å². The Hall–Kier alpha value is -0.120. The van der Waals surface area contributed by atoms with E-state index in [1.165, 1.54) is 0 Å². The van der Waals surface area contributed by atoms with Crippen molar-refractivity contribution in [3.8, 4) is 0 Å². The van der Waals surface area contributed by atoms with Crippen molar-refractivity contribution in [1.29, 1.82) is 0 Å². The summed E-state index contributed by atoms with van der Waals surface area (Å²) >= 11 is 0. The first-order chi connectivity index (χ1) is 4.31. The predicted molar refractivity (Wildman–Crippen MR) is 36.2 cm³/mol. The summed E-state index contributed by atoms with van der Waals surface area (Å²) in [5, 5.41) is 8.98. The molecule has 0 radical (unpaired) electrons. The molecule has 0 aromatic carbocycles. The third-order valence-electron chi connectivity index (χ3n) is 1.01. The number of rotatable bonds is 5. The molecule has 0 aliphatic heterocycles. The fourth-order valence-corrected chi connectivity index (χ4v) is 0.530. The van der Waals surface area contributed by atoms with Gasteiger partial charge in [-0.05, 0) is 19.9 Å². The predicted octanol–water partition coefficient (Wildman–Crippen LogP) is -0.267. The Kier molecular flexibility index (Phi) is 5.93. The van der Waals surface area contributed by atoms with Crippen LogP contribution in [0.4, 0.5) is 0 Å². The Balaban J connectivity index is 2.95. The normalized spacial score (nSPS) is 13.7. The van der Waals surface area contributed by atoms with Gasteiger partial charge in [0.05, 0.1) is 12.7 Å². The summed E-state index contributed by atoms with van der Waals surface area (Å²) in [4.78, 5) is 0. The maximum Gasteiger partial charge on any atom is 0.0785 e. The van der Waals surface area contributed by atoms with E-state index in [1.54, 1.807) is 0 Å². The van der Waals surface area contributed by atoms with Crippen molar-refractivity contribution in [1.82, 2.24) is 0 Å². The number of ether oxygens (including phenoxy) is 1. The topological polar surface area (TPSA) is 55.5 Å². The lowest BCUT2D eigenvalue weighted by Crippen LogP contribution is -2.19. The second-order valence-electron chi connectivity index (χ2n) is 1.89. The second kappa shape index (κ2) is 6.01. The Labute approximate surface area is 55.8 Å². The molecule has 9 heavy (non-hydrogen) atoms. The molecule has 0 rings (SSSR count). The zero-order valence-electron chi connectivity index (χ0n) is 5.84. The van der Waals surface area contributed by atoms with Gasteiger partial charge in [0.2, 0.25) is 0 Å². The number of hydrogen-bond donors (Lipinski definition) is 2. The van der Waals surface area contributed by atoms with Gasteiger partial charge in [0.25, 0.3) is 0 Å². The highest BCUT2D eigenvalue weighted by atomic mass is 16.5. The second-order valence-corrected chi connectivity index (χ2v) is 1.89. The zero-order chi connectivity index (χ0) is 7.11. The molecule has 0 aromatic rings. The molecule has 3 nitrogen and oxygen atoms in total. The molecule has 0 fully saturated rings. The average molecular weight is 133 g/mol. The molecule has 0 heterocycles. The van der Waals surface area contributed by atoms with Crippen LogP contribution in [0.25, 0.3) is 0 Å². The number of aliphatic hydroxyl groups excluding tert-OH is 1. The summed E-state index contributed by atoms with van der Waals surface area (Å²) in [5.74, 6) is 0. The SMILES string of the molecule is CCOC[C@H](O)CCN. The maximum atomic E-state index is 8.98. The first kappa shape index (κ1) is 8.88. The van der Waals surface area contributed by atoms with Gasteiger partial charge >= 0.3 is 0 Å². The lowest BCUT2D eigenvalue weighted by Gasteiger charge is -2.07. The van der Waals surface area contributed by atoms with Crippen LogP contribution < -0.4 is 5.73 Å². The van der Waals surface area contributed by atoms with Gasteiger partial charge in [0.15, 0.2) is 0 Å². The lowest BCUT2D eigenvalue weighted by molar-refractivity contribution is 0.0395. The molecule has 1 atom stereocenters. The molecular weight excluding hydrogens is 118 g/mol. The van der Waals surface area contributed by atoms with Crippen molar-refractivity contribution in [2.45, 2.75) is 19.4 Å². The van der Waals surface area contributed by atoms with Gasteiger partial charge in [-0.3, -0.25) is 0 Å². The first-order valence-electron chi connectivity index (χ1n) is 3.27. The molecule has 0 aliphatic carbocycles. The van der Waals surface area contributed by atoms with Crippen LogP contribution in [0, 0.1) is 0 Å². The highest BCUT2D eigenvalue weighted by molar-refractivity contribution is 4.52. The van der Waals surface area contributed by atoms with Crippen LogP contribution in [-0.2, 0) is 4.74 Å². The number of aliphatic hydroxyl groups is 1. The zero-order valence-corrected chi connectivity index (χ0v) is 5.84. The van der Waals surface area contributed by atoms with Crippen molar-refractivity contribution in [3.63, 3.8) is 0 Å². The molecule has 0 bridgehead atoms. The lowest BCUT2D eigenvalue weighted by atomic mass is 10.3. The van der Waals surface area contributed by atoms with E-state index in [4.69, 9.17) is 15.6 Å². The van der Waals surface area contributed by atoms with Crippen LogP contribution in [0.1, 0.15) is 13.3 Å². The molecule has 3 heteroatoms. The van der Waals surface area contributed by atoms with E-state index in [9.17, 15) is 0 Å². The van der Waals surface area contributed by atoms with Gasteiger partial charge in [-0.25, -0.2) is 0 Å². The van der Waals surface area contributed by atoms with E-state index in [2.05, 4.69) is 0 Å². The molecule has 0 aliphatic rings. The van der Waals surface area contributed by atoms with E-state index >= 15 is 0 Å². The van der Waals surface area contributed by atoms with E-state index in [1.807, 2.05) is 6.92 Å². The molecular formula is C6H15NO2. The minimum atomic E-state index is -0.380. The third kappa shape index (κ3) is 5.76. The Morgan fingerprint density at radius 1 is 1.67 bits per heavy atom. The van der Waals surface area contributed by atoms with Crippen LogP contribution in [-0.4, -0.2) is 31.0 Å². The minimum absolute atomic E-state index is 0.380. The Morgan fingerprint density at radius 2 is 2.33 bits per heavy atom. The van der Waals surface area contributed by atoms with Crippen LogP contribution >= 0.6 is 0 Å². The maximum absolute atomic E-state index is 8.98. The van der Waals surface area contributed by atoms with Crippen LogP contribution in [0.3, 0.4) is 0 Å². The monoisotopic (exact) mass is 133 g/mol. The third-order valence-corrected chi connectivity index (χ3v) is 1.01. The van der Waals surface area contributed by atoms with E-state index < -0.39 is 0 Å². The highest BCUT2D eigenvalue weighted by Crippen LogP contribution is 1.89.